The largest absolute Gasteiger partial charge is 0.391 e. The van der Waals surface area contributed by atoms with Gasteiger partial charge in [-0.25, -0.2) is 0 Å². The van der Waals surface area contributed by atoms with Gasteiger partial charge in [0.2, 0.25) is 5.13 Å². The van der Waals surface area contributed by atoms with Gasteiger partial charge in [-0.05, 0) is 19.9 Å². The van der Waals surface area contributed by atoms with Crippen molar-refractivity contribution >= 4 is 16.5 Å². The molecule has 2 unspecified atom stereocenters. The van der Waals surface area contributed by atoms with E-state index >= 15 is 0 Å². The maximum absolute atomic E-state index is 9.98. The molecule has 17 heavy (non-hydrogen) atoms. The summed E-state index contributed by atoms with van der Waals surface area (Å²) in [5.41, 5.74) is 0. The van der Waals surface area contributed by atoms with Crippen LogP contribution in [0.5, 0.6) is 0 Å². The van der Waals surface area contributed by atoms with Crippen LogP contribution in [0.1, 0.15) is 30.7 Å². The first kappa shape index (κ1) is 12.7. The maximum Gasteiger partial charge on any atom is 0.205 e. The fourth-order valence-electron chi connectivity index (χ4n) is 2.35. The van der Waals surface area contributed by atoms with Crippen molar-refractivity contribution in [1.82, 2.24) is 15.1 Å². The molecule has 96 valence electrons. The van der Waals surface area contributed by atoms with E-state index in [0.29, 0.717) is 0 Å². The van der Waals surface area contributed by atoms with E-state index in [0.717, 1.165) is 35.9 Å². The van der Waals surface area contributed by atoms with E-state index in [-0.39, 0.29) is 12.1 Å². The molecule has 1 aliphatic rings. The molecule has 6 heteroatoms. The fourth-order valence-corrected chi connectivity index (χ4v) is 3.11. The lowest BCUT2D eigenvalue weighted by molar-refractivity contribution is 0.0287. The first-order valence-corrected chi connectivity index (χ1v) is 6.91. The fraction of sp³-hybridized carbons (Fsp3) is 0.818. The van der Waals surface area contributed by atoms with E-state index in [1.54, 1.807) is 11.3 Å². The first-order chi connectivity index (χ1) is 8.20. The molecule has 1 heterocycles. The molecule has 2 rings (SSSR count). The summed E-state index contributed by atoms with van der Waals surface area (Å²) in [6, 6.07) is 0.269. The minimum absolute atomic E-state index is 0.189. The maximum atomic E-state index is 9.98. The van der Waals surface area contributed by atoms with Crippen molar-refractivity contribution in [3.05, 3.63) is 5.01 Å². The molecule has 1 aliphatic carbocycles. The molecule has 2 atom stereocenters. The lowest BCUT2D eigenvalue weighted by atomic mass is 9.92. The summed E-state index contributed by atoms with van der Waals surface area (Å²) in [5.74, 6) is 0. The van der Waals surface area contributed by atoms with Crippen LogP contribution < -0.4 is 5.32 Å². The predicted octanol–water partition coefficient (Wildman–Crippen LogP) is 1.32. The summed E-state index contributed by atoms with van der Waals surface area (Å²) in [5, 5.41) is 23.0. The van der Waals surface area contributed by atoms with Crippen LogP contribution in [0, 0.1) is 0 Å². The lowest BCUT2D eigenvalue weighted by Gasteiger charge is -2.34. The zero-order chi connectivity index (χ0) is 12.3. The van der Waals surface area contributed by atoms with Gasteiger partial charge in [0.1, 0.15) is 5.01 Å². The number of anilines is 1. The molecule has 0 bridgehead atoms. The van der Waals surface area contributed by atoms with Crippen molar-refractivity contribution in [1.29, 1.82) is 0 Å². The molecule has 0 spiro atoms. The third-order valence-corrected chi connectivity index (χ3v) is 4.25. The Balaban J connectivity index is 1.93. The summed E-state index contributed by atoms with van der Waals surface area (Å²) in [7, 11) is 3.90. The van der Waals surface area contributed by atoms with Gasteiger partial charge in [0, 0.05) is 13.1 Å². The molecule has 2 N–H and O–H groups in total. The predicted molar refractivity (Wildman–Crippen MR) is 69.2 cm³/mol. The molecular formula is C11H20N4OS. The first-order valence-electron chi connectivity index (χ1n) is 6.09. The molecule has 1 aromatic heterocycles. The Morgan fingerprint density at radius 1 is 1.41 bits per heavy atom. The van der Waals surface area contributed by atoms with Gasteiger partial charge in [-0.15, -0.1) is 10.2 Å². The van der Waals surface area contributed by atoms with Gasteiger partial charge in [0.25, 0.3) is 0 Å². The average molecular weight is 256 g/mol. The SMILES string of the molecule is CNc1nnc(CN(C)C2CCCCC2O)s1. The highest BCUT2D eigenvalue weighted by molar-refractivity contribution is 7.15. The van der Waals surface area contributed by atoms with E-state index in [2.05, 4.69) is 27.5 Å². The second-order valence-electron chi connectivity index (χ2n) is 4.59. The van der Waals surface area contributed by atoms with Gasteiger partial charge in [-0.2, -0.15) is 0 Å². The van der Waals surface area contributed by atoms with E-state index in [1.165, 1.54) is 6.42 Å². The summed E-state index contributed by atoms with van der Waals surface area (Å²) in [4.78, 5) is 2.20. The zero-order valence-electron chi connectivity index (χ0n) is 10.4. The lowest BCUT2D eigenvalue weighted by Crippen LogP contribution is -2.42. The third kappa shape index (κ3) is 3.14. The summed E-state index contributed by atoms with van der Waals surface area (Å²) < 4.78 is 0. The van der Waals surface area contributed by atoms with Gasteiger partial charge < -0.3 is 10.4 Å². The molecule has 1 fully saturated rings. The van der Waals surface area contributed by atoms with E-state index < -0.39 is 0 Å². The van der Waals surface area contributed by atoms with Crippen molar-refractivity contribution in [2.24, 2.45) is 0 Å². The van der Waals surface area contributed by atoms with Crippen molar-refractivity contribution in [2.45, 2.75) is 44.4 Å². The number of aromatic nitrogens is 2. The smallest absolute Gasteiger partial charge is 0.205 e. The number of hydrogen-bond donors (Lipinski definition) is 2. The van der Waals surface area contributed by atoms with Crippen molar-refractivity contribution < 1.29 is 5.11 Å². The van der Waals surface area contributed by atoms with Crippen molar-refractivity contribution in [2.75, 3.05) is 19.4 Å². The number of nitrogens with one attached hydrogen (secondary N) is 1. The minimum atomic E-state index is -0.189. The van der Waals surface area contributed by atoms with Gasteiger partial charge in [0.05, 0.1) is 12.6 Å². The highest BCUT2D eigenvalue weighted by atomic mass is 32.1. The van der Waals surface area contributed by atoms with Crippen LogP contribution in [0.2, 0.25) is 0 Å². The molecular weight excluding hydrogens is 236 g/mol. The van der Waals surface area contributed by atoms with Gasteiger partial charge in [0.15, 0.2) is 0 Å². The van der Waals surface area contributed by atoms with Crippen LogP contribution in [-0.4, -0.2) is 46.4 Å². The average Bonchev–Trinajstić information content (AvgIpc) is 2.77. The number of rotatable bonds is 4. The normalized spacial score (nSPS) is 25.2. The Bertz CT molecular complexity index is 357. The highest BCUT2D eigenvalue weighted by Gasteiger charge is 2.27. The molecule has 0 amide bonds. The third-order valence-electron chi connectivity index (χ3n) is 3.33. The molecule has 0 saturated heterocycles. The Hall–Kier alpha value is -0.720. The molecule has 1 saturated carbocycles. The van der Waals surface area contributed by atoms with E-state index in [4.69, 9.17) is 0 Å². The van der Waals surface area contributed by atoms with Crippen LogP contribution in [0.25, 0.3) is 0 Å². The standard InChI is InChI=1S/C11H20N4OS/c1-12-11-14-13-10(17-11)7-15(2)8-5-3-4-6-9(8)16/h8-9,16H,3-7H2,1-2H3,(H,12,14). The Morgan fingerprint density at radius 2 is 2.18 bits per heavy atom. The topological polar surface area (TPSA) is 61.3 Å². The number of aliphatic hydroxyl groups excluding tert-OH is 1. The Morgan fingerprint density at radius 3 is 2.82 bits per heavy atom. The second-order valence-corrected chi connectivity index (χ2v) is 5.65. The number of likely N-dealkylation sites (N-methyl/N-ethyl adjacent to an activating group) is 1. The van der Waals surface area contributed by atoms with Crippen LogP contribution >= 0.6 is 11.3 Å². The van der Waals surface area contributed by atoms with E-state index in [1.807, 2.05) is 7.05 Å². The zero-order valence-corrected chi connectivity index (χ0v) is 11.2. The number of hydrogen-bond acceptors (Lipinski definition) is 6. The number of nitrogens with zero attached hydrogens (tertiary/aromatic N) is 3. The summed E-state index contributed by atoms with van der Waals surface area (Å²) in [6.07, 6.45) is 4.17. The van der Waals surface area contributed by atoms with Crippen LogP contribution in [0.3, 0.4) is 0 Å². The summed E-state index contributed by atoms with van der Waals surface area (Å²) in [6.45, 7) is 0.765. The number of aliphatic hydroxyl groups is 1. The summed E-state index contributed by atoms with van der Waals surface area (Å²) >= 11 is 1.57. The van der Waals surface area contributed by atoms with E-state index in [9.17, 15) is 5.11 Å². The van der Waals surface area contributed by atoms with Crippen LogP contribution in [0.4, 0.5) is 5.13 Å². The molecule has 0 aromatic carbocycles. The molecule has 5 nitrogen and oxygen atoms in total. The van der Waals surface area contributed by atoms with Gasteiger partial charge >= 0.3 is 0 Å². The monoisotopic (exact) mass is 256 g/mol. The molecule has 0 radical (unpaired) electrons. The molecule has 1 aromatic rings. The molecule has 0 aliphatic heterocycles. The minimum Gasteiger partial charge on any atom is -0.391 e. The quantitative estimate of drug-likeness (QED) is 0.850. The Labute approximate surface area is 106 Å². The Kier molecular flexibility index (Phi) is 4.31. The van der Waals surface area contributed by atoms with Crippen LogP contribution in [-0.2, 0) is 6.54 Å². The van der Waals surface area contributed by atoms with Crippen LogP contribution in [0.15, 0.2) is 0 Å². The van der Waals surface area contributed by atoms with Crippen molar-refractivity contribution in [3.63, 3.8) is 0 Å². The highest BCUT2D eigenvalue weighted by Crippen LogP contribution is 2.24. The van der Waals surface area contributed by atoms with Gasteiger partial charge in [-0.1, -0.05) is 24.2 Å². The van der Waals surface area contributed by atoms with Gasteiger partial charge in [-0.3, -0.25) is 4.90 Å². The second kappa shape index (κ2) is 5.75. The van der Waals surface area contributed by atoms with Crippen molar-refractivity contribution in [3.8, 4) is 0 Å².